The molecule has 8 heteroatoms. The Kier molecular flexibility index (Phi) is 6.68. The van der Waals surface area contributed by atoms with Gasteiger partial charge in [-0.3, -0.25) is 14.4 Å². The lowest BCUT2D eigenvalue weighted by Gasteiger charge is -2.40. The summed E-state index contributed by atoms with van der Waals surface area (Å²) in [7, 11) is 0. The quantitative estimate of drug-likeness (QED) is 0.495. The Bertz CT molecular complexity index is 1300. The molecule has 1 spiro atoms. The van der Waals surface area contributed by atoms with Crippen LogP contribution in [0.4, 0.5) is 5.69 Å². The zero-order valence-electron chi connectivity index (χ0n) is 22.0. The molecule has 2 N–H and O–H groups in total. The predicted molar refractivity (Wildman–Crippen MR) is 148 cm³/mol. The first kappa shape index (κ1) is 26.5. The number of carboxylic acid groups (broad SMARTS) is 1. The van der Waals surface area contributed by atoms with E-state index in [-0.39, 0.29) is 25.0 Å². The van der Waals surface area contributed by atoms with Crippen molar-refractivity contribution in [2.75, 3.05) is 18.1 Å². The third kappa shape index (κ3) is 3.80. The summed E-state index contributed by atoms with van der Waals surface area (Å²) in [5, 5.41) is 20.9. The summed E-state index contributed by atoms with van der Waals surface area (Å²) in [6.07, 6.45) is 2.83. The molecule has 2 aromatic carbocycles. The molecule has 0 aliphatic carbocycles. The number of likely N-dealkylation sites (tertiary alicyclic amines) is 1. The van der Waals surface area contributed by atoms with Crippen LogP contribution in [-0.2, 0) is 14.4 Å². The minimum Gasteiger partial charge on any atom is -0.481 e. The predicted octanol–water partition coefficient (Wildman–Crippen LogP) is 4.12. The molecule has 6 atom stereocenters. The van der Waals surface area contributed by atoms with Gasteiger partial charge in [0.1, 0.15) is 6.04 Å². The van der Waals surface area contributed by atoms with Gasteiger partial charge in [-0.25, -0.2) is 0 Å². The van der Waals surface area contributed by atoms with Crippen LogP contribution >= 0.6 is 11.8 Å². The highest BCUT2D eigenvalue weighted by Gasteiger charge is 2.78. The number of carbonyl (C=O) groups excluding carboxylic acids is 2. The van der Waals surface area contributed by atoms with Crippen LogP contribution < -0.4 is 4.90 Å². The molecule has 2 unspecified atom stereocenters. The molecule has 7 nitrogen and oxygen atoms in total. The van der Waals surface area contributed by atoms with Crippen molar-refractivity contribution in [2.24, 2.45) is 11.8 Å². The van der Waals surface area contributed by atoms with Gasteiger partial charge in [-0.1, -0.05) is 48.5 Å². The number of benzene rings is 2. The number of carbonyl (C=O) groups is 3. The number of rotatable bonds is 8. The summed E-state index contributed by atoms with van der Waals surface area (Å²) in [5.41, 5.74) is 3.35. The maximum Gasteiger partial charge on any atom is 0.308 e. The van der Waals surface area contributed by atoms with Crippen LogP contribution in [0, 0.1) is 25.7 Å². The number of aryl methyl sites for hydroxylation is 2. The lowest BCUT2D eigenvalue weighted by Crippen LogP contribution is -2.56. The number of aliphatic hydroxyl groups is 1. The number of carboxylic acids is 1. The Labute approximate surface area is 227 Å². The molecule has 2 bridgehead atoms. The molecule has 0 radical (unpaired) electrons. The van der Waals surface area contributed by atoms with Gasteiger partial charge < -0.3 is 20.0 Å². The first-order chi connectivity index (χ1) is 18.1. The van der Waals surface area contributed by atoms with Crippen molar-refractivity contribution in [3.05, 3.63) is 77.9 Å². The Morgan fingerprint density at radius 3 is 2.55 bits per heavy atom. The van der Waals surface area contributed by atoms with E-state index in [0.717, 1.165) is 16.8 Å². The van der Waals surface area contributed by atoms with Gasteiger partial charge in [0.05, 0.1) is 29.2 Å². The maximum atomic E-state index is 14.8. The molecule has 5 rings (SSSR count). The van der Waals surface area contributed by atoms with Crippen LogP contribution in [0.1, 0.15) is 42.5 Å². The van der Waals surface area contributed by atoms with E-state index < -0.39 is 39.4 Å². The fourth-order valence-corrected chi connectivity index (χ4v) is 9.31. The standard InChI is InChI=1S/C30H34N2O5S/c1-5-15-31(21-16-18(2)11-12-19(21)3)27(35)25-30-14-13-29(4,38-30)24(28(36)37)23(30)26(34)32(25)22(17-33)20-9-7-6-8-10-20/h5-12,16,22-25,33H,1,13-15,17H2,2-4H3,(H,36,37)/t22-,23+,24+,25?,29-,30?/m1/s1. The molecule has 38 heavy (non-hydrogen) atoms. The molecular formula is C30H34N2O5S. The minimum atomic E-state index is -1.01. The van der Waals surface area contributed by atoms with Crippen molar-refractivity contribution in [1.29, 1.82) is 0 Å². The zero-order chi connectivity index (χ0) is 27.4. The molecule has 2 amide bonds. The molecule has 3 heterocycles. The van der Waals surface area contributed by atoms with Crippen molar-refractivity contribution in [3.8, 4) is 0 Å². The topological polar surface area (TPSA) is 98.2 Å². The van der Waals surface area contributed by atoms with E-state index in [2.05, 4.69) is 6.58 Å². The Hall–Kier alpha value is -3.10. The monoisotopic (exact) mass is 534 g/mol. The summed E-state index contributed by atoms with van der Waals surface area (Å²) < 4.78 is -1.54. The van der Waals surface area contributed by atoms with E-state index in [4.69, 9.17) is 0 Å². The molecule has 200 valence electrons. The van der Waals surface area contributed by atoms with Crippen LogP contribution in [-0.4, -0.2) is 61.6 Å². The van der Waals surface area contributed by atoms with Crippen molar-refractivity contribution < 1.29 is 24.6 Å². The molecule has 0 aromatic heterocycles. The third-order valence-corrected chi connectivity index (χ3v) is 10.6. The van der Waals surface area contributed by atoms with Gasteiger partial charge in [0.25, 0.3) is 5.91 Å². The number of aliphatic carboxylic acids is 1. The van der Waals surface area contributed by atoms with Gasteiger partial charge in [-0.2, -0.15) is 0 Å². The zero-order valence-corrected chi connectivity index (χ0v) is 22.8. The highest BCUT2D eigenvalue weighted by atomic mass is 32.2. The number of hydrogen-bond donors (Lipinski definition) is 2. The van der Waals surface area contributed by atoms with Crippen molar-refractivity contribution in [3.63, 3.8) is 0 Å². The van der Waals surface area contributed by atoms with Crippen molar-refractivity contribution >= 4 is 35.2 Å². The summed E-state index contributed by atoms with van der Waals surface area (Å²) in [6, 6.07) is 13.4. The normalized spacial score (nSPS) is 30.3. The second-order valence-electron chi connectivity index (χ2n) is 10.9. The number of aliphatic hydroxyl groups excluding tert-OH is 1. The van der Waals surface area contributed by atoms with Gasteiger partial charge in [0.2, 0.25) is 5.91 Å². The number of fused-ring (bicyclic) bond motifs is 1. The lowest BCUT2D eigenvalue weighted by atomic mass is 9.66. The Morgan fingerprint density at radius 1 is 1.21 bits per heavy atom. The van der Waals surface area contributed by atoms with E-state index in [0.29, 0.717) is 18.4 Å². The molecule has 3 aliphatic heterocycles. The van der Waals surface area contributed by atoms with Crippen molar-refractivity contribution in [1.82, 2.24) is 4.90 Å². The summed E-state index contributed by atoms with van der Waals surface area (Å²) in [4.78, 5) is 44.8. The summed E-state index contributed by atoms with van der Waals surface area (Å²) in [6.45, 7) is 9.55. The fraction of sp³-hybridized carbons (Fsp3) is 0.433. The average Bonchev–Trinajstić information content (AvgIpc) is 3.46. The number of amides is 2. The van der Waals surface area contributed by atoms with E-state index in [1.807, 2.05) is 69.3 Å². The smallest absolute Gasteiger partial charge is 0.308 e. The molecular weight excluding hydrogens is 500 g/mol. The van der Waals surface area contributed by atoms with Crippen LogP contribution in [0.2, 0.25) is 0 Å². The first-order valence-corrected chi connectivity index (χ1v) is 13.8. The number of nitrogens with zero attached hydrogens (tertiary/aromatic N) is 2. The highest BCUT2D eigenvalue weighted by molar-refractivity contribution is 8.02. The molecule has 2 aromatic rings. The summed E-state index contributed by atoms with van der Waals surface area (Å²) >= 11 is 1.50. The van der Waals surface area contributed by atoms with Gasteiger partial charge in [0.15, 0.2) is 0 Å². The second-order valence-corrected chi connectivity index (χ2v) is 12.8. The first-order valence-electron chi connectivity index (χ1n) is 13.0. The molecule has 0 saturated carbocycles. The van der Waals surface area contributed by atoms with Crippen LogP contribution in [0.15, 0.2) is 61.2 Å². The van der Waals surface area contributed by atoms with E-state index in [9.17, 15) is 24.6 Å². The Morgan fingerprint density at radius 2 is 1.92 bits per heavy atom. The summed E-state index contributed by atoms with van der Waals surface area (Å²) in [5.74, 6) is -3.40. The third-order valence-electron chi connectivity index (χ3n) is 8.64. The largest absolute Gasteiger partial charge is 0.481 e. The maximum absolute atomic E-state index is 14.8. The molecule has 3 aliphatic rings. The number of hydrogen-bond acceptors (Lipinski definition) is 5. The fourth-order valence-electron chi connectivity index (χ4n) is 6.98. The molecule has 3 fully saturated rings. The average molecular weight is 535 g/mol. The highest BCUT2D eigenvalue weighted by Crippen LogP contribution is 2.72. The number of thioether (sulfide) groups is 1. The molecule has 3 saturated heterocycles. The van der Waals surface area contributed by atoms with Gasteiger partial charge >= 0.3 is 5.97 Å². The minimum absolute atomic E-state index is 0.238. The SMILES string of the molecule is C=CCN(C(=O)C1N([C@H](CO)c2ccccc2)C(=O)[C@@H]2[C@@H](C(=O)O)[C@@]3(C)CCC12S3)c1cc(C)ccc1C. The van der Waals surface area contributed by atoms with Crippen LogP contribution in [0.3, 0.4) is 0 Å². The van der Waals surface area contributed by atoms with Crippen LogP contribution in [0.5, 0.6) is 0 Å². The van der Waals surface area contributed by atoms with Gasteiger partial charge in [-0.05, 0) is 56.4 Å². The second kappa shape index (κ2) is 9.58. The van der Waals surface area contributed by atoms with Crippen molar-refractivity contribution in [2.45, 2.75) is 55.2 Å². The lowest BCUT2D eigenvalue weighted by molar-refractivity contribution is -0.150. The van der Waals surface area contributed by atoms with E-state index >= 15 is 0 Å². The van der Waals surface area contributed by atoms with Crippen LogP contribution in [0.25, 0.3) is 0 Å². The van der Waals surface area contributed by atoms with Gasteiger partial charge in [-0.15, -0.1) is 18.3 Å². The van der Waals surface area contributed by atoms with E-state index in [1.165, 1.54) is 16.7 Å². The Balaban J connectivity index is 1.70. The number of anilines is 1. The van der Waals surface area contributed by atoms with Gasteiger partial charge in [0, 0.05) is 17.0 Å². The van der Waals surface area contributed by atoms with E-state index in [1.54, 1.807) is 11.0 Å².